The zero-order valence-electron chi connectivity index (χ0n) is 11.3. The van der Waals surface area contributed by atoms with Gasteiger partial charge in [-0.1, -0.05) is 26.0 Å². The van der Waals surface area contributed by atoms with E-state index in [-0.39, 0.29) is 18.6 Å². The number of hydrogen-bond acceptors (Lipinski definition) is 3. The highest BCUT2D eigenvalue weighted by Crippen LogP contribution is 2.16. The number of halogens is 1. The molecule has 0 aliphatic rings. The second-order valence-electron chi connectivity index (χ2n) is 4.66. The number of benzene rings is 1. The first-order valence-electron chi connectivity index (χ1n) is 6.12. The predicted octanol–water partition coefficient (Wildman–Crippen LogP) is 2.77. The number of esters is 1. The Balaban J connectivity index is 2.47. The van der Waals surface area contributed by atoms with Crippen molar-refractivity contribution in [2.45, 2.75) is 26.8 Å². The average Bonchev–Trinajstić information content (AvgIpc) is 2.36. The van der Waals surface area contributed by atoms with Gasteiger partial charge in [-0.05, 0) is 40.9 Å². The summed E-state index contributed by atoms with van der Waals surface area (Å²) in [4.78, 5) is 23.3. The minimum Gasteiger partial charge on any atom is -0.452 e. The molecule has 0 saturated carbocycles. The molecule has 0 unspecified atom stereocenters. The van der Waals surface area contributed by atoms with Crippen molar-refractivity contribution in [3.63, 3.8) is 0 Å². The zero-order chi connectivity index (χ0) is 14.4. The van der Waals surface area contributed by atoms with Crippen molar-refractivity contribution in [2.24, 2.45) is 5.92 Å². The lowest BCUT2D eigenvalue weighted by atomic mass is 10.1. The SMILES string of the molecule is CC(C)[C@H](C)NC(=O)COC(=O)c1ccccc1Br. The van der Waals surface area contributed by atoms with Crippen molar-refractivity contribution in [2.75, 3.05) is 6.61 Å². The molecule has 1 amide bonds. The van der Waals surface area contributed by atoms with Crippen molar-refractivity contribution < 1.29 is 14.3 Å². The standard InChI is InChI=1S/C14H18BrNO3/c1-9(2)10(3)16-13(17)8-19-14(18)11-6-4-5-7-12(11)15/h4-7,9-10H,8H2,1-3H3,(H,16,17)/t10-/m0/s1. The van der Waals surface area contributed by atoms with E-state index >= 15 is 0 Å². The molecule has 1 atom stereocenters. The number of carbonyl (C=O) groups excluding carboxylic acids is 2. The van der Waals surface area contributed by atoms with Crippen LogP contribution in [0.3, 0.4) is 0 Å². The predicted molar refractivity (Wildman–Crippen MR) is 76.9 cm³/mol. The molecule has 0 heterocycles. The van der Waals surface area contributed by atoms with Crippen LogP contribution in [0, 0.1) is 5.92 Å². The molecule has 0 saturated heterocycles. The fourth-order valence-electron chi connectivity index (χ4n) is 1.30. The van der Waals surface area contributed by atoms with Crippen LogP contribution in [-0.4, -0.2) is 24.5 Å². The lowest BCUT2D eigenvalue weighted by Crippen LogP contribution is -2.38. The smallest absolute Gasteiger partial charge is 0.339 e. The summed E-state index contributed by atoms with van der Waals surface area (Å²) in [7, 11) is 0. The van der Waals surface area contributed by atoms with Gasteiger partial charge in [0, 0.05) is 10.5 Å². The van der Waals surface area contributed by atoms with Gasteiger partial charge in [-0.3, -0.25) is 4.79 Å². The molecule has 0 fully saturated rings. The minimum atomic E-state index is -0.514. The first kappa shape index (κ1) is 15.7. The molecule has 0 bridgehead atoms. The van der Waals surface area contributed by atoms with Crippen LogP contribution in [0.5, 0.6) is 0 Å². The van der Waals surface area contributed by atoms with E-state index in [1.165, 1.54) is 0 Å². The van der Waals surface area contributed by atoms with Gasteiger partial charge in [0.1, 0.15) is 0 Å². The highest BCUT2D eigenvalue weighted by molar-refractivity contribution is 9.10. The van der Waals surface area contributed by atoms with E-state index in [9.17, 15) is 9.59 Å². The summed E-state index contributed by atoms with van der Waals surface area (Å²) >= 11 is 3.26. The summed E-state index contributed by atoms with van der Waals surface area (Å²) in [6.07, 6.45) is 0. The van der Waals surface area contributed by atoms with Gasteiger partial charge in [0.15, 0.2) is 6.61 Å². The molecule has 0 aromatic heterocycles. The van der Waals surface area contributed by atoms with Crippen LogP contribution in [0.15, 0.2) is 28.7 Å². The summed E-state index contributed by atoms with van der Waals surface area (Å²) in [5.74, 6) is -0.468. The number of ether oxygens (including phenoxy) is 1. The lowest BCUT2D eigenvalue weighted by molar-refractivity contribution is -0.125. The fourth-order valence-corrected chi connectivity index (χ4v) is 1.74. The highest BCUT2D eigenvalue weighted by atomic mass is 79.9. The van der Waals surface area contributed by atoms with E-state index in [1.54, 1.807) is 24.3 Å². The molecule has 19 heavy (non-hydrogen) atoms. The molecule has 1 aromatic rings. The van der Waals surface area contributed by atoms with Crippen LogP contribution in [0.2, 0.25) is 0 Å². The second kappa shape index (κ2) is 7.28. The van der Waals surface area contributed by atoms with E-state index < -0.39 is 5.97 Å². The third kappa shape index (κ3) is 5.03. The number of nitrogens with one attached hydrogen (secondary N) is 1. The third-order valence-electron chi connectivity index (χ3n) is 2.82. The van der Waals surface area contributed by atoms with Gasteiger partial charge >= 0.3 is 5.97 Å². The summed E-state index contributed by atoms with van der Waals surface area (Å²) in [5.41, 5.74) is 0.409. The number of amides is 1. The van der Waals surface area contributed by atoms with E-state index in [1.807, 2.05) is 20.8 Å². The molecule has 0 aliphatic heterocycles. The Hall–Kier alpha value is -1.36. The molecule has 5 heteroatoms. The second-order valence-corrected chi connectivity index (χ2v) is 5.51. The number of rotatable bonds is 5. The molecule has 1 aromatic carbocycles. The van der Waals surface area contributed by atoms with Crippen LogP contribution >= 0.6 is 15.9 Å². The van der Waals surface area contributed by atoms with E-state index in [0.29, 0.717) is 16.0 Å². The van der Waals surface area contributed by atoms with E-state index in [0.717, 1.165) is 0 Å². The van der Waals surface area contributed by atoms with Gasteiger partial charge in [-0.25, -0.2) is 4.79 Å². The van der Waals surface area contributed by atoms with Gasteiger partial charge in [-0.2, -0.15) is 0 Å². The first-order chi connectivity index (χ1) is 8.91. The van der Waals surface area contributed by atoms with Gasteiger partial charge < -0.3 is 10.1 Å². The van der Waals surface area contributed by atoms with Crippen molar-refractivity contribution in [3.8, 4) is 0 Å². The Morgan fingerprint density at radius 3 is 2.47 bits per heavy atom. The van der Waals surface area contributed by atoms with Crippen LogP contribution in [0.1, 0.15) is 31.1 Å². The molecule has 4 nitrogen and oxygen atoms in total. The zero-order valence-corrected chi connectivity index (χ0v) is 12.9. The Morgan fingerprint density at radius 2 is 1.89 bits per heavy atom. The molecule has 0 spiro atoms. The maximum atomic E-state index is 11.8. The topological polar surface area (TPSA) is 55.4 Å². The fraction of sp³-hybridized carbons (Fsp3) is 0.429. The largest absolute Gasteiger partial charge is 0.452 e. The number of carbonyl (C=O) groups is 2. The van der Waals surface area contributed by atoms with Crippen LogP contribution in [0.4, 0.5) is 0 Å². The first-order valence-corrected chi connectivity index (χ1v) is 6.92. The summed E-state index contributed by atoms with van der Waals surface area (Å²) < 4.78 is 5.62. The molecule has 0 radical (unpaired) electrons. The van der Waals surface area contributed by atoms with Crippen LogP contribution in [0.25, 0.3) is 0 Å². The third-order valence-corrected chi connectivity index (χ3v) is 3.51. The molecule has 0 aliphatic carbocycles. The minimum absolute atomic E-state index is 0.0506. The van der Waals surface area contributed by atoms with Gasteiger partial charge in [-0.15, -0.1) is 0 Å². The monoisotopic (exact) mass is 327 g/mol. The number of hydrogen-bond donors (Lipinski definition) is 1. The Labute approximate surface area is 121 Å². The van der Waals surface area contributed by atoms with Crippen molar-refractivity contribution in [3.05, 3.63) is 34.3 Å². The quantitative estimate of drug-likeness (QED) is 0.846. The lowest BCUT2D eigenvalue weighted by Gasteiger charge is -2.17. The molecular formula is C14H18BrNO3. The molecular weight excluding hydrogens is 310 g/mol. The normalized spacial score (nSPS) is 12.1. The summed E-state index contributed by atoms with van der Waals surface area (Å²) in [6, 6.07) is 6.98. The maximum Gasteiger partial charge on any atom is 0.339 e. The van der Waals surface area contributed by atoms with Crippen molar-refractivity contribution in [1.82, 2.24) is 5.32 Å². The highest BCUT2D eigenvalue weighted by Gasteiger charge is 2.15. The van der Waals surface area contributed by atoms with Crippen LogP contribution in [-0.2, 0) is 9.53 Å². The van der Waals surface area contributed by atoms with Gasteiger partial charge in [0.25, 0.3) is 5.91 Å². The van der Waals surface area contributed by atoms with E-state index in [2.05, 4.69) is 21.2 Å². The Morgan fingerprint density at radius 1 is 1.26 bits per heavy atom. The summed E-state index contributed by atoms with van der Waals surface area (Å²) in [5, 5.41) is 2.77. The Kier molecular flexibility index (Phi) is 6.02. The molecule has 104 valence electrons. The average molecular weight is 328 g/mol. The van der Waals surface area contributed by atoms with E-state index in [4.69, 9.17) is 4.74 Å². The van der Waals surface area contributed by atoms with Crippen molar-refractivity contribution >= 4 is 27.8 Å². The maximum absolute atomic E-state index is 11.8. The van der Waals surface area contributed by atoms with Gasteiger partial charge in [0.05, 0.1) is 5.56 Å². The van der Waals surface area contributed by atoms with Gasteiger partial charge in [0.2, 0.25) is 0 Å². The van der Waals surface area contributed by atoms with Crippen LogP contribution < -0.4 is 5.32 Å². The molecule has 1 rings (SSSR count). The summed E-state index contributed by atoms with van der Waals surface area (Å²) in [6.45, 7) is 5.67. The van der Waals surface area contributed by atoms with Crippen molar-refractivity contribution in [1.29, 1.82) is 0 Å². The molecule has 1 N–H and O–H groups in total. The Bertz CT molecular complexity index is 460.